The van der Waals surface area contributed by atoms with Crippen LogP contribution in [0.4, 0.5) is 0 Å². The fourth-order valence-electron chi connectivity index (χ4n) is 3.65. The number of rotatable bonds is 9. The van der Waals surface area contributed by atoms with E-state index in [0.29, 0.717) is 13.1 Å². The van der Waals surface area contributed by atoms with Crippen molar-refractivity contribution in [3.63, 3.8) is 0 Å². The first-order valence-corrected chi connectivity index (χ1v) is 12.9. The predicted molar refractivity (Wildman–Crippen MR) is 118 cm³/mol. The van der Waals surface area contributed by atoms with Crippen molar-refractivity contribution in [1.29, 1.82) is 0 Å². The van der Waals surface area contributed by atoms with E-state index in [1.54, 1.807) is 0 Å². The molecule has 0 aromatic heterocycles. The second-order valence-corrected chi connectivity index (χ2v) is 11.3. The van der Waals surface area contributed by atoms with E-state index in [1.165, 1.54) is 33.4 Å². The number of nitrogens with zero attached hydrogens (tertiary/aromatic N) is 1. The van der Waals surface area contributed by atoms with Gasteiger partial charge in [0.15, 0.2) is 0 Å². The third-order valence-corrected chi connectivity index (χ3v) is 7.42. The molecule has 2 aromatic rings. The van der Waals surface area contributed by atoms with E-state index in [9.17, 15) is 0 Å². The molecule has 0 aliphatic carbocycles. The molecule has 158 valence electrons. The zero-order valence-electron chi connectivity index (χ0n) is 17.1. The summed E-state index contributed by atoms with van der Waals surface area (Å²) in [6.45, 7) is 9.77. The molecule has 0 saturated carbocycles. The van der Waals surface area contributed by atoms with Crippen molar-refractivity contribution in [2.75, 3.05) is 13.1 Å². The molecule has 0 amide bonds. The molecular weight excluding hydrogens is 436 g/mol. The third kappa shape index (κ3) is 6.73. The number of nitrogens with two attached hydrogens (primary N) is 2. The van der Waals surface area contributed by atoms with Gasteiger partial charge in [-0.2, -0.15) is 0 Å². The van der Waals surface area contributed by atoms with Gasteiger partial charge in [-0.3, -0.25) is 0 Å². The Morgan fingerprint density at radius 3 is 1.36 bits per heavy atom. The minimum absolute atomic E-state index is 0.0472. The summed E-state index contributed by atoms with van der Waals surface area (Å²) in [7, 11) is 12.6. The average Bonchev–Trinajstić information content (AvgIpc) is 2.61. The van der Waals surface area contributed by atoms with Crippen LogP contribution < -0.4 is 11.5 Å². The molecule has 2 atom stereocenters. The van der Waals surface area contributed by atoms with Gasteiger partial charge >= 0.3 is 183 Å². The Balaban J connectivity index is 2.00. The van der Waals surface area contributed by atoms with Crippen LogP contribution >= 0.6 is 20.3 Å². The van der Waals surface area contributed by atoms with Gasteiger partial charge in [0.05, 0.1) is 0 Å². The van der Waals surface area contributed by atoms with Gasteiger partial charge in [0.25, 0.3) is 0 Å². The summed E-state index contributed by atoms with van der Waals surface area (Å²) in [5.41, 5.74) is 20.6. The Morgan fingerprint density at radius 1 is 0.750 bits per heavy atom. The van der Waals surface area contributed by atoms with Crippen molar-refractivity contribution in [2.45, 2.75) is 52.6 Å². The summed E-state index contributed by atoms with van der Waals surface area (Å²) < 4.78 is 2.03. The Labute approximate surface area is 182 Å². The molecule has 2 unspecified atom stereocenters. The molecule has 0 heterocycles. The summed E-state index contributed by atoms with van der Waals surface area (Å²) >= 11 is -1.27. The summed E-state index contributed by atoms with van der Waals surface area (Å²) in [6.07, 6.45) is 1.61. The van der Waals surface area contributed by atoms with Crippen molar-refractivity contribution in [1.82, 2.24) is 3.95 Å². The van der Waals surface area contributed by atoms with Gasteiger partial charge in [-0.15, -0.1) is 0 Å². The number of benzene rings is 2. The number of hydrogen-bond acceptors (Lipinski definition) is 3. The third-order valence-electron chi connectivity index (χ3n) is 5.23. The van der Waals surface area contributed by atoms with Crippen molar-refractivity contribution in [3.8, 4) is 0 Å². The van der Waals surface area contributed by atoms with Crippen molar-refractivity contribution in [3.05, 3.63) is 69.8 Å². The molecular formula is C22H32Cl2CoN3. The molecule has 2 rings (SSSR count). The van der Waals surface area contributed by atoms with Crippen LogP contribution in [0.3, 0.4) is 0 Å². The second kappa shape index (κ2) is 11.0. The van der Waals surface area contributed by atoms with Crippen LogP contribution in [0.25, 0.3) is 0 Å². The van der Waals surface area contributed by atoms with Crippen LogP contribution in [0.2, 0.25) is 0 Å². The van der Waals surface area contributed by atoms with E-state index >= 15 is 0 Å². The number of halogens is 2. The van der Waals surface area contributed by atoms with Crippen LogP contribution in [0.5, 0.6) is 0 Å². The van der Waals surface area contributed by atoms with Gasteiger partial charge in [0.2, 0.25) is 0 Å². The van der Waals surface area contributed by atoms with Gasteiger partial charge in [-0.1, -0.05) is 0 Å². The Bertz CT molecular complexity index is 680. The predicted octanol–water partition coefficient (Wildman–Crippen LogP) is 4.50. The van der Waals surface area contributed by atoms with E-state index in [0.717, 1.165) is 12.8 Å². The van der Waals surface area contributed by atoms with E-state index in [4.69, 9.17) is 31.8 Å². The molecule has 28 heavy (non-hydrogen) atoms. The minimum atomic E-state index is -1.27. The van der Waals surface area contributed by atoms with Crippen molar-refractivity contribution < 1.29 is 12.1 Å². The van der Waals surface area contributed by atoms with Gasteiger partial charge < -0.3 is 0 Å². The van der Waals surface area contributed by atoms with Crippen LogP contribution in [-0.2, 0) is 24.9 Å². The van der Waals surface area contributed by atoms with Gasteiger partial charge in [-0.25, -0.2) is 0 Å². The fourth-order valence-corrected chi connectivity index (χ4v) is 5.18. The first-order valence-electron chi connectivity index (χ1n) is 9.53. The number of aryl methyl sites for hydroxylation is 4. The zero-order valence-corrected chi connectivity index (χ0v) is 19.7. The molecule has 0 radical (unpaired) electrons. The standard InChI is InChI=1S/C22H32N3.2ClH.Co/c1-15-7-5-8-16(2)21(15)11-19(23)13-25-14-20(24)12-22-17(3)9-6-10-18(22)4;;;/h5-10,19-20H,11-14,23-24H2,1-4H3;2*1H;/q-1;;;+3/p-2. The first-order chi connectivity index (χ1) is 13.2. The molecule has 3 nitrogen and oxygen atoms in total. The molecule has 4 N–H and O–H groups in total. The Kier molecular flexibility index (Phi) is 9.28. The monoisotopic (exact) mass is 467 g/mol. The zero-order chi connectivity index (χ0) is 20.8. The van der Waals surface area contributed by atoms with E-state index in [-0.39, 0.29) is 12.1 Å². The molecule has 2 aromatic carbocycles. The maximum absolute atomic E-state index is 6.47. The maximum atomic E-state index is 6.47. The van der Waals surface area contributed by atoms with Crippen molar-refractivity contribution >= 4 is 20.3 Å². The van der Waals surface area contributed by atoms with Gasteiger partial charge in [0.1, 0.15) is 0 Å². The molecule has 0 bridgehead atoms. The van der Waals surface area contributed by atoms with Crippen LogP contribution in [0, 0.1) is 27.7 Å². The molecule has 0 fully saturated rings. The fraction of sp³-hybridized carbons (Fsp3) is 0.455. The van der Waals surface area contributed by atoms with Crippen molar-refractivity contribution in [2.24, 2.45) is 11.5 Å². The average molecular weight is 468 g/mol. The van der Waals surface area contributed by atoms with E-state index < -0.39 is 12.1 Å². The summed E-state index contributed by atoms with van der Waals surface area (Å²) in [5.74, 6) is 0. The summed E-state index contributed by atoms with van der Waals surface area (Å²) in [4.78, 5) is 0. The second-order valence-electron chi connectivity index (χ2n) is 7.63. The molecule has 0 spiro atoms. The normalized spacial score (nSPS) is 14.2. The van der Waals surface area contributed by atoms with Crippen LogP contribution in [0.1, 0.15) is 33.4 Å². The Hall–Kier alpha value is -0.594. The first kappa shape index (κ1) is 23.7. The van der Waals surface area contributed by atoms with Crippen LogP contribution in [0.15, 0.2) is 36.4 Å². The van der Waals surface area contributed by atoms with Gasteiger partial charge in [-0.05, 0) is 0 Å². The van der Waals surface area contributed by atoms with Gasteiger partial charge in [0, 0.05) is 0 Å². The Morgan fingerprint density at radius 2 is 1.07 bits per heavy atom. The molecule has 6 heteroatoms. The topological polar surface area (TPSA) is 55.3 Å². The quantitative estimate of drug-likeness (QED) is 0.570. The van der Waals surface area contributed by atoms with Crippen LogP contribution in [-0.4, -0.2) is 29.1 Å². The van der Waals surface area contributed by atoms with E-state index in [2.05, 4.69) is 64.1 Å². The molecule has 0 aliphatic heterocycles. The molecule has 0 aliphatic rings. The molecule has 0 saturated heterocycles. The number of hydrogen-bond donors (Lipinski definition) is 2. The van der Waals surface area contributed by atoms with E-state index in [1.807, 2.05) is 3.95 Å². The summed E-state index contributed by atoms with van der Waals surface area (Å²) in [6, 6.07) is 12.6. The SMILES string of the molecule is Cc1cccc(C)c1CC(N)C[N](CC(N)Cc1c(C)cccc1C)[Co]([Cl])[Cl]. The summed E-state index contributed by atoms with van der Waals surface area (Å²) in [5, 5.41) is 0.